The van der Waals surface area contributed by atoms with Crippen molar-refractivity contribution in [3.63, 3.8) is 0 Å². The quantitative estimate of drug-likeness (QED) is 0.666. The maximum absolute atomic E-state index is 6.14. The van der Waals surface area contributed by atoms with E-state index in [0.717, 1.165) is 22.7 Å². The minimum Gasteiger partial charge on any atom is -0.492 e. The van der Waals surface area contributed by atoms with E-state index in [2.05, 4.69) is 25.8 Å². The molecule has 128 valence electrons. The van der Waals surface area contributed by atoms with Crippen molar-refractivity contribution < 1.29 is 4.74 Å². The molecule has 6 nitrogen and oxygen atoms in total. The summed E-state index contributed by atoms with van der Waals surface area (Å²) in [6.07, 6.45) is 1.55. The van der Waals surface area contributed by atoms with Crippen molar-refractivity contribution in [1.82, 2.24) is 15.2 Å². The van der Waals surface area contributed by atoms with Gasteiger partial charge in [-0.15, -0.1) is 5.10 Å². The molecule has 0 fully saturated rings. The number of hydrogen-bond acceptors (Lipinski definition) is 6. The molecule has 7 heteroatoms. The highest BCUT2D eigenvalue weighted by Gasteiger charge is 2.06. The summed E-state index contributed by atoms with van der Waals surface area (Å²) in [5, 5.41) is 15.0. The minimum absolute atomic E-state index is 0.374. The topological polar surface area (TPSA) is 72.0 Å². The number of nitrogens with one attached hydrogen (secondary N) is 2. The Morgan fingerprint density at radius 1 is 1.12 bits per heavy atom. The molecule has 1 aromatic heterocycles. The molecular formula is C18H18ClN5O. The Balaban J connectivity index is 1.78. The van der Waals surface area contributed by atoms with Gasteiger partial charge in [0.15, 0.2) is 5.82 Å². The zero-order valence-electron chi connectivity index (χ0n) is 14.0. The van der Waals surface area contributed by atoms with Gasteiger partial charge >= 0.3 is 0 Å². The first-order chi connectivity index (χ1) is 12.2. The normalized spacial score (nSPS) is 10.4. The third kappa shape index (κ3) is 4.36. The van der Waals surface area contributed by atoms with Crippen LogP contribution in [0.3, 0.4) is 0 Å². The fraction of sp³-hybridized carbons (Fsp3) is 0.167. The molecule has 3 rings (SSSR count). The number of halogens is 1. The summed E-state index contributed by atoms with van der Waals surface area (Å²) in [6, 6.07) is 13.3. The monoisotopic (exact) mass is 355 g/mol. The van der Waals surface area contributed by atoms with E-state index in [1.807, 2.05) is 56.3 Å². The number of nitrogens with zero attached hydrogens (tertiary/aromatic N) is 3. The van der Waals surface area contributed by atoms with Crippen LogP contribution in [0.4, 0.5) is 23.1 Å². The van der Waals surface area contributed by atoms with E-state index < -0.39 is 0 Å². The Hall–Kier alpha value is -2.86. The summed E-state index contributed by atoms with van der Waals surface area (Å²) in [7, 11) is 0. The molecule has 0 radical (unpaired) electrons. The lowest BCUT2D eigenvalue weighted by molar-refractivity contribution is 0.342. The van der Waals surface area contributed by atoms with E-state index in [9.17, 15) is 0 Å². The molecule has 2 aromatic carbocycles. The Morgan fingerprint density at radius 2 is 1.96 bits per heavy atom. The first kappa shape index (κ1) is 17.0. The van der Waals surface area contributed by atoms with Crippen LogP contribution in [0.5, 0.6) is 5.75 Å². The summed E-state index contributed by atoms with van der Waals surface area (Å²) < 4.78 is 5.60. The number of aryl methyl sites for hydroxylation is 1. The highest BCUT2D eigenvalue weighted by Crippen LogP contribution is 2.27. The fourth-order valence-electron chi connectivity index (χ4n) is 2.21. The van der Waals surface area contributed by atoms with Gasteiger partial charge in [-0.05, 0) is 43.7 Å². The summed E-state index contributed by atoms with van der Waals surface area (Å²) in [5.74, 6) is 1.69. The van der Waals surface area contributed by atoms with Crippen molar-refractivity contribution in [2.45, 2.75) is 13.8 Å². The molecule has 0 saturated heterocycles. The van der Waals surface area contributed by atoms with Crippen LogP contribution in [-0.4, -0.2) is 21.8 Å². The summed E-state index contributed by atoms with van der Waals surface area (Å²) in [6.45, 7) is 4.48. The lowest BCUT2D eigenvalue weighted by atomic mass is 10.2. The van der Waals surface area contributed by atoms with E-state index >= 15 is 0 Å². The summed E-state index contributed by atoms with van der Waals surface area (Å²) in [4.78, 5) is 4.42. The van der Waals surface area contributed by atoms with Gasteiger partial charge in [-0.1, -0.05) is 29.8 Å². The summed E-state index contributed by atoms with van der Waals surface area (Å²) >= 11 is 6.14. The molecule has 25 heavy (non-hydrogen) atoms. The van der Waals surface area contributed by atoms with Gasteiger partial charge in [-0.2, -0.15) is 10.1 Å². The predicted octanol–water partition coefficient (Wildman–Crippen LogP) is 4.72. The molecule has 0 aliphatic rings. The number of para-hydroxylation sites is 2. The number of aromatic nitrogens is 3. The van der Waals surface area contributed by atoms with Gasteiger partial charge < -0.3 is 15.4 Å². The lowest BCUT2D eigenvalue weighted by Crippen LogP contribution is -2.03. The van der Waals surface area contributed by atoms with Crippen LogP contribution in [0.25, 0.3) is 0 Å². The largest absolute Gasteiger partial charge is 0.492 e. The Morgan fingerprint density at radius 3 is 2.76 bits per heavy atom. The predicted molar refractivity (Wildman–Crippen MR) is 100 cm³/mol. The molecule has 0 spiro atoms. The molecule has 3 aromatic rings. The van der Waals surface area contributed by atoms with Crippen LogP contribution < -0.4 is 15.4 Å². The zero-order chi connectivity index (χ0) is 17.6. The second kappa shape index (κ2) is 7.81. The van der Waals surface area contributed by atoms with Crippen molar-refractivity contribution >= 4 is 34.7 Å². The average molecular weight is 356 g/mol. The minimum atomic E-state index is 0.374. The maximum Gasteiger partial charge on any atom is 0.249 e. The van der Waals surface area contributed by atoms with Gasteiger partial charge in [-0.25, -0.2) is 0 Å². The van der Waals surface area contributed by atoms with Crippen LogP contribution in [0.15, 0.2) is 48.7 Å². The molecule has 2 N–H and O–H groups in total. The van der Waals surface area contributed by atoms with Gasteiger partial charge in [-0.3, -0.25) is 0 Å². The summed E-state index contributed by atoms with van der Waals surface area (Å²) in [5.41, 5.74) is 2.62. The zero-order valence-corrected chi connectivity index (χ0v) is 14.7. The number of ether oxygens (including phenoxy) is 1. The molecule has 0 aliphatic heterocycles. The van der Waals surface area contributed by atoms with Crippen LogP contribution in [0.1, 0.15) is 12.5 Å². The van der Waals surface area contributed by atoms with E-state index in [1.165, 1.54) is 0 Å². The first-order valence-corrected chi connectivity index (χ1v) is 8.25. The molecule has 0 amide bonds. The molecule has 0 aliphatic carbocycles. The van der Waals surface area contributed by atoms with Crippen molar-refractivity contribution in [1.29, 1.82) is 0 Å². The molecule has 0 unspecified atom stereocenters. The standard InChI is InChI=1S/C18H18ClN5O/c1-3-25-16-7-5-4-6-15(16)22-17-11-20-24-18(23-17)21-13-9-8-12(2)14(19)10-13/h4-11H,3H2,1-2H3,(H2,21,22,23,24). The van der Waals surface area contributed by atoms with Gasteiger partial charge in [0.05, 0.1) is 18.5 Å². The van der Waals surface area contributed by atoms with E-state index in [4.69, 9.17) is 16.3 Å². The van der Waals surface area contributed by atoms with Gasteiger partial charge in [0.2, 0.25) is 5.95 Å². The molecule has 0 saturated carbocycles. The van der Waals surface area contributed by atoms with Gasteiger partial charge in [0.1, 0.15) is 5.75 Å². The maximum atomic E-state index is 6.14. The number of anilines is 4. The Kier molecular flexibility index (Phi) is 5.30. The van der Waals surface area contributed by atoms with E-state index in [-0.39, 0.29) is 0 Å². The van der Waals surface area contributed by atoms with Crippen molar-refractivity contribution in [3.8, 4) is 5.75 Å². The lowest BCUT2D eigenvalue weighted by Gasteiger charge is -2.12. The second-order valence-electron chi connectivity index (χ2n) is 5.31. The second-order valence-corrected chi connectivity index (χ2v) is 5.72. The van der Waals surface area contributed by atoms with Crippen LogP contribution >= 0.6 is 11.6 Å². The Labute approximate surface area is 151 Å². The smallest absolute Gasteiger partial charge is 0.249 e. The van der Waals surface area contributed by atoms with Gasteiger partial charge in [0.25, 0.3) is 0 Å². The van der Waals surface area contributed by atoms with Crippen LogP contribution in [-0.2, 0) is 0 Å². The first-order valence-electron chi connectivity index (χ1n) is 7.87. The Bertz CT molecular complexity index is 872. The van der Waals surface area contributed by atoms with Gasteiger partial charge in [0, 0.05) is 10.7 Å². The SMILES string of the molecule is CCOc1ccccc1Nc1cnnc(Nc2ccc(C)c(Cl)c2)n1. The van der Waals surface area contributed by atoms with Crippen LogP contribution in [0.2, 0.25) is 5.02 Å². The fourth-order valence-corrected chi connectivity index (χ4v) is 2.39. The highest BCUT2D eigenvalue weighted by molar-refractivity contribution is 6.31. The van der Waals surface area contributed by atoms with Crippen LogP contribution in [0, 0.1) is 6.92 Å². The average Bonchev–Trinajstić information content (AvgIpc) is 2.61. The number of benzene rings is 2. The number of hydrogen-bond donors (Lipinski definition) is 2. The van der Waals surface area contributed by atoms with E-state index in [1.54, 1.807) is 6.20 Å². The highest BCUT2D eigenvalue weighted by atomic mass is 35.5. The molecule has 0 atom stereocenters. The van der Waals surface area contributed by atoms with Crippen molar-refractivity contribution in [2.75, 3.05) is 17.2 Å². The molecule has 1 heterocycles. The molecular weight excluding hydrogens is 338 g/mol. The third-order valence-electron chi connectivity index (χ3n) is 3.44. The third-order valence-corrected chi connectivity index (χ3v) is 3.84. The number of rotatable bonds is 6. The van der Waals surface area contributed by atoms with Crippen molar-refractivity contribution in [2.24, 2.45) is 0 Å². The van der Waals surface area contributed by atoms with Crippen molar-refractivity contribution in [3.05, 3.63) is 59.2 Å². The van der Waals surface area contributed by atoms with E-state index in [0.29, 0.717) is 23.4 Å². The molecule has 0 bridgehead atoms.